The van der Waals surface area contributed by atoms with Gasteiger partial charge in [0.25, 0.3) is 0 Å². The largest absolute Gasteiger partial charge is 0.352 e. The van der Waals surface area contributed by atoms with Crippen LogP contribution in [0.5, 0.6) is 0 Å². The fraction of sp³-hybridized carbons (Fsp3) is 0.533. The molecule has 106 valence electrons. The number of nitrogens with two attached hydrogens (primary N) is 1. The Balaban J connectivity index is 2.38. The number of hydrogen-bond acceptors (Lipinski definition) is 2. The predicted molar refractivity (Wildman–Crippen MR) is 74.9 cm³/mol. The van der Waals surface area contributed by atoms with E-state index in [1.807, 2.05) is 0 Å². The summed E-state index contributed by atoms with van der Waals surface area (Å²) in [4.78, 5) is 11.8. The molecule has 0 radical (unpaired) electrons. The Bertz CT molecular complexity index is 407. The van der Waals surface area contributed by atoms with Crippen LogP contribution in [0.25, 0.3) is 0 Å². The Kier molecular flexibility index (Phi) is 6.50. The number of amides is 1. The second kappa shape index (κ2) is 7.89. The maximum absolute atomic E-state index is 13.0. The molecular weight excluding hydrogens is 243 g/mol. The number of rotatable bonds is 7. The van der Waals surface area contributed by atoms with Crippen LogP contribution in [0.3, 0.4) is 0 Å². The van der Waals surface area contributed by atoms with Crippen molar-refractivity contribution in [2.24, 2.45) is 17.6 Å². The monoisotopic (exact) mass is 266 g/mol. The van der Waals surface area contributed by atoms with Crippen molar-refractivity contribution in [2.45, 2.75) is 33.2 Å². The summed E-state index contributed by atoms with van der Waals surface area (Å²) in [6.45, 7) is 5.11. The number of carbonyl (C=O) groups is 1. The van der Waals surface area contributed by atoms with Crippen molar-refractivity contribution in [3.63, 3.8) is 0 Å². The van der Waals surface area contributed by atoms with E-state index in [-0.39, 0.29) is 17.6 Å². The van der Waals surface area contributed by atoms with Crippen LogP contribution < -0.4 is 11.1 Å². The van der Waals surface area contributed by atoms with Gasteiger partial charge in [-0.1, -0.05) is 26.0 Å². The number of carbonyl (C=O) groups excluding carboxylic acids is 1. The van der Waals surface area contributed by atoms with Crippen LogP contribution in [0.1, 0.15) is 32.3 Å². The maximum atomic E-state index is 13.0. The van der Waals surface area contributed by atoms with E-state index in [1.165, 1.54) is 12.1 Å². The lowest BCUT2D eigenvalue weighted by Gasteiger charge is -2.16. The average Bonchev–Trinajstić information content (AvgIpc) is 2.35. The van der Waals surface area contributed by atoms with Gasteiger partial charge in [-0.2, -0.15) is 0 Å². The minimum Gasteiger partial charge on any atom is -0.352 e. The summed E-state index contributed by atoms with van der Waals surface area (Å²) in [7, 11) is 0. The summed E-state index contributed by atoms with van der Waals surface area (Å²) < 4.78 is 13.0. The van der Waals surface area contributed by atoms with Crippen LogP contribution in [0.2, 0.25) is 0 Å². The molecule has 1 aromatic carbocycles. The molecule has 0 aliphatic rings. The van der Waals surface area contributed by atoms with Gasteiger partial charge in [-0.15, -0.1) is 0 Å². The maximum Gasteiger partial charge on any atom is 0.220 e. The number of nitrogens with one attached hydrogen (secondary N) is 1. The molecule has 4 heteroatoms. The lowest BCUT2D eigenvalue weighted by atomic mass is 9.94. The van der Waals surface area contributed by atoms with Gasteiger partial charge in [0.1, 0.15) is 5.82 Å². The summed E-state index contributed by atoms with van der Waals surface area (Å²) in [6, 6.07) is 6.24. The highest BCUT2D eigenvalue weighted by molar-refractivity contribution is 5.76. The van der Waals surface area contributed by atoms with Gasteiger partial charge in [0.05, 0.1) is 0 Å². The predicted octanol–water partition coefficient (Wildman–Crippen LogP) is 2.45. The third kappa shape index (κ3) is 6.34. The van der Waals surface area contributed by atoms with Gasteiger partial charge in [0.2, 0.25) is 5.91 Å². The highest BCUT2D eigenvalue weighted by Crippen LogP contribution is 2.14. The number of benzene rings is 1. The molecule has 1 amide bonds. The van der Waals surface area contributed by atoms with Gasteiger partial charge in [-0.25, -0.2) is 4.39 Å². The zero-order chi connectivity index (χ0) is 14.3. The van der Waals surface area contributed by atoms with Crippen LogP contribution in [0, 0.1) is 17.7 Å². The van der Waals surface area contributed by atoms with E-state index in [1.54, 1.807) is 12.1 Å². The lowest BCUT2D eigenvalue weighted by molar-refractivity contribution is -0.122. The second-order valence-electron chi connectivity index (χ2n) is 5.34. The van der Waals surface area contributed by atoms with Crippen LogP contribution in [0.15, 0.2) is 24.3 Å². The highest BCUT2D eigenvalue weighted by atomic mass is 19.1. The molecule has 0 spiro atoms. The van der Waals surface area contributed by atoms with Crippen molar-refractivity contribution in [2.75, 3.05) is 6.54 Å². The Morgan fingerprint density at radius 3 is 2.74 bits per heavy atom. The van der Waals surface area contributed by atoms with Crippen LogP contribution in [-0.4, -0.2) is 12.5 Å². The molecule has 0 fully saturated rings. The molecule has 1 aromatic rings. The molecule has 0 saturated heterocycles. The van der Waals surface area contributed by atoms with Crippen LogP contribution in [-0.2, 0) is 11.3 Å². The molecule has 0 aliphatic heterocycles. The first-order valence-electron chi connectivity index (χ1n) is 6.72. The SMILES string of the molecule is CC(C)C[C@H](CN)CC(=O)NCc1cccc(F)c1. The standard InChI is InChI=1S/C15H23FN2O/c1-11(2)6-13(9-17)8-15(19)18-10-12-4-3-5-14(16)7-12/h3-5,7,11,13H,6,8-10,17H2,1-2H3,(H,18,19)/t13-/m0/s1. The van der Waals surface area contributed by atoms with Gasteiger partial charge in [0.15, 0.2) is 0 Å². The topological polar surface area (TPSA) is 55.1 Å². The lowest BCUT2D eigenvalue weighted by Crippen LogP contribution is -2.28. The first kappa shape index (κ1) is 15.6. The molecule has 19 heavy (non-hydrogen) atoms. The Morgan fingerprint density at radius 2 is 2.16 bits per heavy atom. The smallest absolute Gasteiger partial charge is 0.220 e. The molecule has 0 aliphatic carbocycles. The molecule has 0 heterocycles. The van der Waals surface area contributed by atoms with Gasteiger partial charge in [0, 0.05) is 13.0 Å². The van der Waals surface area contributed by atoms with E-state index in [4.69, 9.17) is 5.73 Å². The van der Waals surface area contributed by atoms with E-state index < -0.39 is 0 Å². The van der Waals surface area contributed by atoms with Crippen molar-refractivity contribution < 1.29 is 9.18 Å². The highest BCUT2D eigenvalue weighted by Gasteiger charge is 2.13. The molecule has 3 nitrogen and oxygen atoms in total. The quantitative estimate of drug-likeness (QED) is 0.796. The fourth-order valence-corrected chi connectivity index (χ4v) is 2.11. The molecule has 1 atom stereocenters. The normalized spacial score (nSPS) is 12.5. The van der Waals surface area contributed by atoms with Gasteiger partial charge in [-0.3, -0.25) is 4.79 Å². The number of halogens is 1. The Labute approximate surface area is 114 Å². The molecular formula is C15H23FN2O. The number of hydrogen-bond donors (Lipinski definition) is 2. The fourth-order valence-electron chi connectivity index (χ4n) is 2.11. The summed E-state index contributed by atoms with van der Waals surface area (Å²) in [5.74, 6) is 0.434. The Morgan fingerprint density at radius 1 is 1.42 bits per heavy atom. The van der Waals surface area contributed by atoms with Crippen molar-refractivity contribution in [1.82, 2.24) is 5.32 Å². The summed E-state index contributed by atoms with van der Waals surface area (Å²) in [6.07, 6.45) is 1.38. The zero-order valence-corrected chi connectivity index (χ0v) is 11.7. The summed E-state index contributed by atoms with van der Waals surface area (Å²) in [5.41, 5.74) is 6.43. The van der Waals surface area contributed by atoms with Crippen molar-refractivity contribution in [3.05, 3.63) is 35.6 Å². The molecule has 0 bridgehead atoms. The molecule has 0 unspecified atom stereocenters. The first-order valence-corrected chi connectivity index (χ1v) is 6.72. The van der Waals surface area contributed by atoms with Crippen LogP contribution >= 0.6 is 0 Å². The van der Waals surface area contributed by atoms with Gasteiger partial charge in [-0.05, 0) is 42.5 Å². The molecule has 1 rings (SSSR count). The molecule has 0 aromatic heterocycles. The van der Waals surface area contributed by atoms with Gasteiger partial charge < -0.3 is 11.1 Å². The Hall–Kier alpha value is -1.42. The van der Waals surface area contributed by atoms with Crippen molar-refractivity contribution >= 4 is 5.91 Å². The van der Waals surface area contributed by atoms with Crippen molar-refractivity contribution in [3.8, 4) is 0 Å². The van der Waals surface area contributed by atoms with E-state index in [0.717, 1.165) is 12.0 Å². The summed E-state index contributed by atoms with van der Waals surface area (Å²) >= 11 is 0. The zero-order valence-electron chi connectivity index (χ0n) is 11.7. The van der Waals surface area contributed by atoms with Crippen LogP contribution in [0.4, 0.5) is 4.39 Å². The molecule has 3 N–H and O–H groups in total. The second-order valence-corrected chi connectivity index (χ2v) is 5.34. The average molecular weight is 266 g/mol. The third-order valence-corrected chi connectivity index (χ3v) is 2.99. The van der Waals surface area contributed by atoms with E-state index in [9.17, 15) is 9.18 Å². The minimum absolute atomic E-state index is 0.0274. The third-order valence-electron chi connectivity index (χ3n) is 2.99. The van der Waals surface area contributed by atoms with E-state index >= 15 is 0 Å². The van der Waals surface area contributed by atoms with E-state index in [0.29, 0.717) is 25.4 Å². The first-order chi connectivity index (χ1) is 9.01. The van der Waals surface area contributed by atoms with Gasteiger partial charge >= 0.3 is 0 Å². The summed E-state index contributed by atoms with van der Waals surface area (Å²) in [5, 5.41) is 2.80. The molecule has 0 saturated carbocycles. The minimum atomic E-state index is -0.286. The van der Waals surface area contributed by atoms with E-state index in [2.05, 4.69) is 19.2 Å². The van der Waals surface area contributed by atoms with Crippen molar-refractivity contribution in [1.29, 1.82) is 0 Å².